The normalized spacial score (nSPS) is 10.2. The van der Waals surface area contributed by atoms with Crippen LogP contribution in [0.1, 0.15) is 24.2 Å². The van der Waals surface area contributed by atoms with Crippen molar-refractivity contribution in [2.75, 3.05) is 24.3 Å². The summed E-state index contributed by atoms with van der Waals surface area (Å²) in [6.07, 6.45) is 0. The molecule has 0 bridgehead atoms. The van der Waals surface area contributed by atoms with E-state index < -0.39 is 0 Å². The highest BCUT2D eigenvalue weighted by Crippen LogP contribution is 2.35. The third-order valence-corrected chi connectivity index (χ3v) is 3.41. The number of nitrogens with two attached hydrogens (primary N) is 1. The van der Waals surface area contributed by atoms with E-state index >= 15 is 0 Å². The lowest BCUT2D eigenvalue weighted by Gasteiger charge is -2.15. The number of halogens is 1. The Bertz CT molecular complexity index is 704. The second-order valence-electron chi connectivity index (χ2n) is 4.69. The molecule has 122 valence electrons. The molecule has 0 aromatic heterocycles. The van der Waals surface area contributed by atoms with Gasteiger partial charge >= 0.3 is 0 Å². The summed E-state index contributed by atoms with van der Waals surface area (Å²) >= 11 is 6.06. The Hall–Kier alpha value is -2.40. The summed E-state index contributed by atoms with van der Waals surface area (Å²) in [6.45, 7) is 4.63. The maximum atomic E-state index is 12.4. The zero-order chi connectivity index (χ0) is 16.8. The molecule has 6 heteroatoms. The topological polar surface area (TPSA) is 73.6 Å². The van der Waals surface area contributed by atoms with Crippen LogP contribution in [0.5, 0.6) is 11.5 Å². The summed E-state index contributed by atoms with van der Waals surface area (Å²) in [7, 11) is 0. The molecule has 3 N–H and O–H groups in total. The van der Waals surface area contributed by atoms with Gasteiger partial charge in [-0.15, -0.1) is 0 Å². The van der Waals surface area contributed by atoms with E-state index in [2.05, 4.69) is 5.32 Å². The molecule has 0 aliphatic carbocycles. The van der Waals surface area contributed by atoms with Crippen molar-refractivity contribution in [3.05, 3.63) is 47.0 Å². The largest absolute Gasteiger partial charge is 0.492 e. The van der Waals surface area contributed by atoms with Gasteiger partial charge in [-0.25, -0.2) is 0 Å². The number of hydrogen-bond donors (Lipinski definition) is 2. The van der Waals surface area contributed by atoms with Crippen LogP contribution in [0, 0.1) is 0 Å². The molecule has 0 aliphatic rings. The molecule has 1 amide bonds. The molecular weight excluding hydrogens is 316 g/mol. The average molecular weight is 335 g/mol. The van der Waals surface area contributed by atoms with Crippen LogP contribution in [0.25, 0.3) is 0 Å². The zero-order valence-electron chi connectivity index (χ0n) is 13.1. The number of rotatable bonds is 6. The Balaban J connectivity index is 2.35. The van der Waals surface area contributed by atoms with Crippen molar-refractivity contribution in [1.82, 2.24) is 0 Å². The van der Waals surface area contributed by atoms with Gasteiger partial charge in [0.25, 0.3) is 5.91 Å². The van der Waals surface area contributed by atoms with Gasteiger partial charge in [0.05, 0.1) is 35.2 Å². The van der Waals surface area contributed by atoms with E-state index in [-0.39, 0.29) is 5.91 Å². The molecule has 2 aromatic carbocycles. The molecular formula is C17H19ClN2O3. The Morgan fingerprint density at radius 1 is 1.13 bits per heavy atom. The number of benzene rings is 2. The molecule has 0 atom stereocenters. The molecule has 0 fully saturated rings. The number of nitrogen functional groups attached to an aromatic ring is 1. The number of ether oxygens (including phenoxy) is 2. The first-order valence-electron chi connectivity index (χ1n) is 7.31. The van der Waals surface area contributed by atoms with E-state index in [1.807, 2.05) is 13.8 Å². The first-order chi connectivity index (χ1) is 11.1. The molecule has 0 heterocycles. The summed E-state index contributed by atoms with van der Waals surface area (Å²) in [5.74, 6) is 0.642. The minimum atomic E-state index is -0.330. The van der Waals surface area contributed by atoms with Crippen LogP contribution < -0.4 is 20.5 Å². The fourth-order valence-electron chi connectivity index (χ4n) is 2.06. The van der Waals surface area contributed by atoms with Crippen LogP contribution in [0.3, 0.4) is 0 Å². The third-order valence-electron chi connectivity index (χ3n) is 3.08. The predicted molar refractivity (Wildman–Crippen MR) is 92.6 cm³/mol. The van der Waals surface area contributed by atoms with E-state index in [1.54, 1.807) is 36.4 Å². The Morgan fingerprint density at radius 2 is 1.78 bits per heavy atom. The van der Waals surface area contributed by atoms with Crippen LogP contribution in [-0.4, -0.2) is 19.1 Å². The van der Waals surface area contributed by atoms with Crippen molar-refractivity contribution in [1.29, 1.82) is 0 Å². The van der Waals surface area contributed by atoms with Gasteiger partial charge in [-0.1, -0.05) is 23.7 Å². The Kier molecular flexibility index (Phi) is 5.71. The molecule has 0 saturated carbocycles. The first kappa shape index (κ1) is 17.0. The number of anilines is 2. The second-order valence-corrected chi connectivity index (χ2v) is 5.09. The number of carbonyl (C=O) groups excluding carboxylic acids is 1. The number of hydrogen-bond acceptors (Lipinski definition) is 4. The van der Waals surface area contributed by atoms with E-state index in [9.17, 15) is 4.79 Å². The average Bonchev–Trinajstić information content (AvgIpc) is 2.52. The van der Waals surface area contributed by atoms with Crippen molar-refractivity contribution < 1.29 is 14.3 Å². The van der Waals surface area contributed by atoms with E-state index in [0.717, 1.165) is 0 Å². The van der Waals surface area contributed by atoms with Gasteiger partial charge in [-0.3, -0.25) is 4.79 Å². The fraction of sp³-hybridized carbons (Fsp3) is 0.235. The molecule has 2 rings (SSSR count). The highest BCUT2D eigenvalue weighted by molar-refractivity contribution is 6.34. The van der Waals surface area contributed by atoms with Gasteiger partial charge in [0.2, 0.25) is 0 Å². The molecule has 0 unspecified atom stereocenters. The van der Waals surface area contributed by atoms with E-state index in [1.165, 1.54) is 0 Å². The molecule has 0 aliphatic heterocycles. The molecule has 23 heavy (non-hydrogen) atoms. The van der Waals surface area contributed by atoms with Gasteiger partial charge in [-0.05, 0) is 26.0 Å². The monoisotopic (exact) mass is 334 g/mol. The Morgan fingerprint density at radius 3 is 2.43 bits per heavy atom. The van der Waals surface area contributed by atoms with Crippen molar-refractivity contribution in [2.24, 2.45) is 0 Å². The molecule has 5 nitrogen and oxygen atoms in total. The predicted octanol–water partition coefficient (Wildman–Crippen LogP) is 3.97. The van der Waals surface area contributed by atoms with Crippen molar-refractivity contribution in [3.8, 4) is 11.5 Å². The lowest BCUT2D eigenvalue weighted by molar-refractivity contribution is 0.102. The van der Waals surface area contributed by atoms with Crippen LogP contribution in [0.2, 0.25) is 5.02 Å². The standard InChI is InChI=1S/C17H19ClN2O3/c1-3-22-15-10-14(16(23-4-2)9-13(15)19)20-17(21)11-7-5-6-8-12(11)18/h5-10H,3-4,19H2,1-2H3,(H,20,21). The van der Waals surface area contributed by atoms with Gasteiger partial charge in [0.15, 0.2) is 0 Å². The Labute approximate surface area is 140 Å². The number of nitrogens with one attached hydrogen (secondary N) is 1. The molecule has 0 radical (unpaired) electrons. The van der Waals surface area contributed by atoms with E-state index in [4.69, 9.17) is 26.8 Å². The highest BCUT2D eigenvalue weighted by Gasteiger charge is 2.15. The lowest BCUT2D eigenvalue weighted by atomic mass is 10.2. The summed E-state index contributed by atoms with van der Waals surface area (Å²) in [5.41, 5.74) is 7.25. The quantitative estimate of drug-likeness (QED) is 0.784. The minimum Gasteiger partial charge on any atom is -0.492 e. The van der Waals surface area contributed by atoms with Crippen LogP contribution in [0.4, 0.5) is 11.4 Å². The number of carbonyl (C=O) groups is 1. The smallest absolute Gasteiger partial charge is 0.257 e. The summed E-state index contributed by atoms with van der Waals surface area (Å²) < 4.78 is 11.0. The number of amides is 1. The van der Waals surface area contributed by atoms with Crippen molar-refractivity contribution >= 4 is 28.9 Å². The molecule has 2 aromatic rings. The maximum Gasteiger partial charge on any atom is 0.257 e. The first-order valence-corrected chi connectivity index (χ1v) is 7.69. The van der Waals surface area contributed by atoms with Crippen LogP contribution in [0.15, 0.2) is 36.4 Å². The van der Waals surface area contributed by atoms with Crippen LogP contribution >= 0.6 is 11.6 Å². The van der Waals surface area contributed by atoms with Gasteiger partial charge < -0.3 is 20.5 Å². The maximum absolute atomic E-state index is 12.4. The van der Waals surface area contributed by atoms with E-state index in [0.29, 0.717) is 46.7 Å². The fourth-order valence-corrected chi connectivity index (χ4v) is 2.29. The summed E-state index contributed by atoms with van der Waals surface area (Å²) in [5, 5.41) is 3.17. The van der Waals surface area contributed by atoms with Crippen molar-refractivity contribution in [2.45, 2.75) is 13.8 Å². The summed E-state index contributed by atoms with van der Waals surface area (Å²) in [4.78, 5) is 12.4. The SMILES string of the molecule is CCOc1cc(NC(=O)c2ccccc2Cl)c(OCC)cc1N. The summed E-state index contributed by atoms with van der Waals surface area (Å²) in [6, 6.07) is 10.1. The van der Waals surface area contributed by atoms with Gasteiger partial charge in [-0.2, -0.15) is 0 Å². The third kappa shape index (κ3) is 4.07. The minimum absolute atomic E-state index is 0.330. The highest BCUT2D eigenvalue weighted by atomic mass is 35.5. The zero-order valence-corrected chi connectivity index (χ0v) is 13.8. The molecule has 0 saturated heterocycles. The van der Waals surface area contributed by atoms with Crippen molar-refractivity contribution in [3.63, 3.8) is 0 Å². The second kappa shape index (κ2) is 7.74. The van der Waals surface area contributed by atoms with Gasteiger partial charge in [0, 0.05) is 12.1 Å². The lowest BCUT2D eigenvalue weighted by Crippen LogP contribution is -2.14. The van der Waals surface area contributed by atoms with Gasteiger partial charge in [0.1, 0.15) is 11.5 Å². The molecule has 0 spiro atoms. The van der Waals surface area contributed by atoms with Crippen LogP contribution in [-0.2, 0) is 0 Å².